The number of nitrogens with one attached hydrogen (secondary N) is 1. The molecule has 3 rings (SSSR count). The Morgan fingerprint density at radius 2 is 1.76 bits per heavy atom. The fourth-order valence-corrected chi connectivity index (χ4v) is 3.71. The van der Waals surface area contributed by atoms with Crippen molar-refractivity contribution in [2.75, 3.05) is 45.2 Å². The summed E-state index contributed by atoms with van der Waals surface area (Å²) in [6.45, 7) is 10.8. The third-order valence-electron chi connectivity index (χ3n) is 5.40. The number of amides is 2. The highest BCUT2D eigenvalue weighted by Gasteiger charge is 2.39. The Kier molecular flexibility index (Phi) is 5.07. The predicted molar refractivity (Wildman–Crippen MR) is 101 cm³/mol. The van der Waals surface area contributed by atoms with Crippen LogP contribution in [0.5, 0.6) is 0 Å². The molecule has 0 saturated carbocycles. The number of rotatable bonds is 1. The van der Waals surface area contributed by atoms with E-state index in [1.54, 1.807) is 0 Å². The maximum Gasteiger partial charge on any atom is 0.321 e. The van der Waals surface area contributed by atoms with E-state index < -0.39 is 0 Å². The van der Waals surface area contributed by atoms with Gasteiger partial charge in [-0.05, 0) is 43.0 Å². The lowest BCUT2D eigenvalue weighted by Crippen LogP contribution is -2.57. The van der Waals surface area contributed by atoms with Crippen molar-refractivity contribution in [3.63, 3.8) is 0 Å². The van der Waals surface area contributed by atoms with Crippen molar-refractivity contribution >= 4 is 11.7 Å². The highest BCUT2D eigenvalue weighted by molar-refractivity contribution is 5.89. The zero-order valence-electron chi connectivity index (χ0n) is 16.0. The fraction of sp³-hybridized carbons (Fsp3) is 0.650. The molecule has 1 aromatic rings. The van der Waals surface area contributed by atoms with Gasteiger partial charge in [0.1, 0.15) is 0 Å². The second-order valence-electron chi connectivity index (χ2n) is 8.51. The van der Waals surface area contributed by atoms with Crippen molar-refractivity contribution in [3.8, 4) is 0 Å². The summed E-state index contributed by atoms with van der Waals surface area (Å²) in [6, 6.07) is 8.15. The van der Waals surface area contributed by atoms with E-state index in [-0.39, 0.29) is 17.0 Å². The summed E-state index contributed by atoms with van der Waals surface area (Å²) in [5.74, 6) is 0. The Bertz CT molecular complexity index is 598. The first kappa shape index (κ1) is 18.2. The molecule has 0 aromatic heterocycles. The zero-order chi connectivity index (χ0) is 18.1. The highest BCUT2D eigenvalue weighted by Crippen LogP contribution is 2.30. The van der Waals surface area contributed by atoms with Crippen molar-refractivity contribution < 1.29 is 9.53 Å². The summed E-state index contributed by atoms with van der Waals surface area (Å²) in [4.78, 5) is 16.8. The Labute approximate surface area is 151 Å². The van der Waals surface area contributed by atoms with E-state index in [1.807, 2.05) is 17.0 Å². The summed E-state index contributed by atoms with van der Waals surface area (Å²) in [6.07, 6.45) is 1.82. The number of anilines is 1. The number of hydrogen-bond acceptors (Lipinski definition) is 3. The number of likely N-dealkylation sites (N-methyl/N-ethyl adjacent to an activating group) is 1. The standard InChI is InChI=1S/C20H31N3O2/c1-19(2,3)16-5-7-17(8-6-16)21-18(24)23-11-9-20(10-12-23)15-22(4)13-14-25-20/h5-8H,9-15H2,1-4H3,(H,21,24). The van der Waals surface area contributed by atoms with Gasteiger partial charge in [0.2, 0.25) is 0 Å². The largest absolute Gasteiger partial charge is 0.372 e. The number of likely N-dealkylation sites (tertiary alicyclic amines) is 1. The number of urea groups is 1. The number of benzene rings is 1. The summed E-state index contributed by atoms with van der Waals surface area (Å²) < 4.78 is 6.07. The Morgan fingerprint density at radius 1 is 1.12 bits per heavy atom. The molecule has 138 valence electrons. The van der Waals surface area contributed by atoms with Crippen LogP contribution in [0.4, 0.5) is 10.5 Å². The van der Waals surface area contributed by atoms with E-state index in [2.05, 4.69) is 50.2 Å². The molecule has 2 aliphatic heterocycles. The van der Waals surface area contributed by atoms with Gasteiger partial charge in [0.05, 0.1) is 12.2 Å². The molecule has 2 fully saturated rings. The fourth-order valence-electron chi connectivity index (χ4n) is 3.71. The molecule has 2 heterocycles. The topological polar surface area (TPSA) is 44.8 Å². The summed E-state index contributed by atoms with van der Waals surface area (Å²) in [5.41, 5.74) is 2.19. The van der Waals surface area contributed by atoms with Crippen LogP contribution in [0.15, 0.2) is 24.3 Å². The van der Waals surface area contributed by atoms with Gasteiger partial charge in [-0.1, -0.05) is 32.9 Å². The summed E-state index contributed by atoms with van der Waals surface area (Å²) in [5, 5.41) is 3.03. The average molecular weight is 345 g/mol. The first-order valence-electron chi connectivity index (χ1n) is 9.26. The number of ether oxygens (including phenoxy) is 1. The number of nitrogens with zero attached hydrogens (tertiary/aromatic N) is 2. The number of hydrogen-bond donors (Lipinski definition) is 1. The van der Waals surface area contributed by atoms with Crippen LogP contribution in [0.1, 0.15) is 39.2 Å². The van der Waals surface area contributed by atoms with Crippen molar-refractivity contribution in [2.24, 2.45) is 0 Å². The number of morpholine rings is 1. The lowest BCUT2D eigenvalue weighted by Gasteiger charge is -2.46. The van der Waals surface area contributed by atoms with E-state index in [1.165, 1.54) is 5.56 Å². The van der Waals surface area contributed by atoms with Crippen molar-refractivity contribution in [2.45, 2.75) is 44.6 Å². The molecular weight excluding hydrogens is 314 g/mol. The Morgan fingerprint density at radius 3 is 2.32 bits per heavy atom. The van der Waals surface area contributed by atoms with Crippen molar-refractivity contribution in [1.29, 1.82) is 0 Å². The molecule has 1 N–H and O–H groups in total. The average Bonchev–Trinajstić information content (AvgIpc) is 2.55. The van der Waals surface area contributed by atoms with Gasteiger partial charge < -0.3 is 19.9 Å². The molecule has 25 heavy (non-hydrogen) atoms. The van der Waals surface area contributed by atoms with Gasteiger partial charge in [-0.15, -0.1) is 0 Å². The number of carbonyl (C=O) groups excluding carboxylic acids is 1. The minimum atomic E-state index is -0.0574. The third kappa shape index (κ3) is 4.33. The SMILES string of the molecule is CN1CCOC2(CCN(C(=O)Nc3ccc(C(C)(C)C)cc3)CC2)C1. The van der Waals surface area contributed by atoms with E-state index in [4.69, 9.17) is 4.74 Å². The van der Waals surface area contributed by atoms with Crippen LogP contribution in [0, 0.1) is 0 Å². The van der Waals surface area contributed by atoms with Crippen LogP contribution in [0.3, 0.4) is 0 Å². The monoisotopic (exact) mass is 345 g/mol. The molecule has 5 heteroatoms. The first-order valence-corrected chi connectivity index (χ1v) is 9.26. The molecule has 0 aliphatic carbocycles. The second kappa shape index (κ2) is 6.96. The van der Waals surface area contributed by atoms with Crippen LogP contribution >= 0.6 is 0 Å². The van der Waals surface area contributed by atoms with Gasteiger partial charge in [-0.3, -0.25) is 0 Å². The van der Waals surface area contributed by atoms with E-state index in [0.717, 1.165) is 51.3 Å². The quantitative estimate of drug-likeness (QED) is 0.849. The molecule has 5 nitrogen and oxygen atoms in total. The van der Waals surface area contributed by atoms with Crippen LogP contribution in [0.2, 0.25) is 0 Å². The minimum absolute atomic E-state index is 0.0116. The molecule has 1 aromatic carbocycles. The molecule has 0 bridgehead atoms. The van der Waals surface area contributed by atoms with Crippen LogP contribution in [0.25, 0.3) is 0 Å². The molecule has 0 radical (unpaired) electrons. The van der Waals surface area contributed by atoms with Gasteiger partial charge in [0.15, 0.2) is 0 Å². The summed E-state index contributed by atoms with van der Waals surface area (Å²) >= 11 is 0. The van der Waals surface area contributed by atoms with E-state index in [9.17, 15) is 4.79 Å². The number of carbonyl (C=O) groups is 1. The molecule has 1 spiro atoms. The molecule has 2 aliphatic rings. The van der Waals surface area contributed by atoms with Crippen molar-refractivity contribution in [1.82, 2.24) is 9.80 Å². The van der Waals surface area contributed by atoms with Crippen LogP contribution < -0.4 is 5.32 Å². The van der Waals surface area contributed by atoms with Gasteiger partial charge in [0, 0.05) is 31.9 Å². The lowest BCUT2D eigenvalue weighted by molar-refractivity contribution is -0.126. The predicted octanol–water partition coefficient (Wildman–Crippen LogP) is 3.31. The Balaban J connectivity index is 1.54. The maximum atomic E-state index is 12.5. The van der Waals surface area contributed by atoms with Gasteiger partial charge in [-0.25, -0.2) is 4.79 Å². The van der Waals surface area contributed by atoms with Gasteiger partial charge >= 0.3 is 6.03 Å². The van der Waals surface area contributed by atoms with Crippen LogP contribution in [-0.2, 0) is 10.2 Å². The smallest absolute Gasteiger partial charge is 0.321 e. The summed E-state index contributed by atoms with van der Waals surface area (Å²) in [7, 11) is 2.14. The van der Waals surface area contributed by atoms with Gasteiger partial charge in [-0.2, -0.15) is 0 Å². The number of piperidine rings is 1. The van der Waals surface area contributed by atoms with E-state index >= 15 is 0 Å². The maximum absolute atomic E-state index is 12.5. The van der Waals surface area contributed by atoms with Crippen LogP contribution in [-0.4, -0.2) is 61.3 Å². The van der Waals surface area contributed by atoms with E-state index in [0.29, 0.717) is 0 Å². The molecule has 2 saturated heterocycles. The first-order chi connectivity index (χ1) is 11.8. The molecule has 0 unspecified atom stereocenters. The third-order valence-corrected chi connectivity index (χ3v) is 5.40. The van der Waals surface area contributed by atoms with Gasteiger partial charge in [0.25, 0.3) is 0 Å². The van der Waals surface area contributed by atoms with Crippen molar-refractivity contribution in [3.05, 3.63) is 29.8 Å². The zero-order valence-corrected chi connectivity index (χ0v) is 16.0. The highest BCUT2D eigenvalue weighted by atomic mass is 16.5. The lowest BCUT2D eigenvalue weighted by atomic mass is 9.87. The Hall–Kier alpha value is -1.59. The second-order valence-corrected chi connectivity index (χ2v) is 8.51. The normalized spacial score (nSPS) is 21.4. The minimum Gasteiger partial charge on any atom is -0.372 e. The molecule has 2 amide bonds. The molecular formula is C20H31N3O2. The molecule has 0 atom stereocenters.